The molecule has 1 aliphatic heterocycles. The molecule has 0 spiro atoms. The lowest BCUT2D eigenvalue weighted by Gasteiger charge is -2.18. The number of rotatable bonds is 6. The third-order valence-corrected chi connectivity index (χ3v) is 5.10. The van der Waals surface area contributed by atoms with E-state index in [9.17, 15) is 4.79 Å². The lowest BCUT2D eigenvalue weighted by atomic mass is 9.87. The van der Waals surface area contributed by atoms with Gasteiger partial charge in [0.15, 0.2) is 0 Å². The van der Waals surface area contributed by atoms with Crippen LogP contribution >= 0.6 is 11.8 Å². The van der Waals surface area contributed by atoms with Crippen LogP contribution in [0.15, 0.2) is 33.9 Å². The summed E-state index contributed by atoms with van der Waals surface area (Å²) >= 11 is 1.24. The molecule has 140 valence electrons. The van der Waals surface area contributed by atoms with E-state index in [2.05, 4.69) is 48.4 Å². The van der Waals surface area contributed by atoms with Crippen molar-refractivity contribution in [3.8, 4) is 11.5 Å². The zero-order chi connectivity index (χ0) is 18.6. The number of carbonyl (C=O) groups excluding carboxylic acids is 1. The summed E-state index contributed by atoms with van der Waals surface area (Å²) in [5, 5.41) is 11.4. The predicted octanol–water partition coefficient (Wildman–Crippen LogP) is 3.42. The maximum atomic E-state index is 11.9. The molecule has 0 aliphatic carbocycles. The first-order valence-corrected chi connectivity index (χ1v) is 9.86. The molecule has 2 aromatic rings. The number of nitrogens with zero attached hydrogens (tertiary/aromatic N) is 2. The van der Waals surface area contributed by atoms with Crippen molar-refractivity contribution in [1.82, 2.24) is 15.5 Å². The minimum atomic E-state index is -0.0558. The van der Waals surface area contributed by atoms with Gasteiger partial charge < -0.3 is 14.5 Å². The summed E-state index contributed by atoms with van der Waals surface area (Å²) in [6.07, 6.45) is 2.22. The molecule has 6 nitrogen and oxygen atoms in total. The van der Waals surface area contributed by atoms with Crippen molar-refractivity contribution in [3.63, 3.8) is 0 Å². The van der Waals surface area contributed by atoms with Crippen LogP contribution in [0.2, 0.25) is 0 Å². The first-order valence-electron chi connectivity index (χ1n) is 8.87. The van der Waals surface area contributed by atoms with Crippen LogP contribution in [0.3, 0.4) is 0 Å². The fraction of sp³-hybridized carbons (Fsp3) is 0.526. The summed E-state index contributed by atoms with van der Waals surface area (Å²) in [4.78, 5) is 11.9. The largest absolute Gasteiger partial charge is 0.411 e. The maximum Gasteiger partial charge on any atom is 0.277 e. The molecule has 2 heterocycles. The van der Waals surface area contributed by atoms with E-state index >= 15 is 0 Å². The van der Waals surface area contributed by atoms with E-state index in [1.165, 1.54) is 17.3 Å². The Balaban J connectivity index is 1.50. The van der Waals surface area contributed by atoms with Crippen molar-refractivity contribution in [2.45, 2.75) is 50.4 Å². The fourth-order valence-electron chi connectivity index (χ4n) is 2.71. The summed E-state index contributed by atoms with van der Waals surface area (Å²) in [6.45, 7) is 7.87. The van der Waals surface area contributed by atoms with E-state index in [4.69, 9.17) is 9.15 Å². The van der Waals surface area contributed by atoms with Crippen LogP contribution < -0.4 is 5.32 Å². The Labute approximate surface area is 158 Å². The average Bonchev–Trinajstić information content (AvgIpc) is 3.29. The van der Waals surface area contributed by atoms with Crippen molar-refractivity contribution >= 4 is 17.7 Å². The molecule has 0 bridgehead atoms. The number of amides is 1. The standard InChI is InChI=1S/C19H25N3O3S/c1-19(2,3)14-8-6-13(7-9-14)17-21-22-18(25-17)26-12-16(23)20-11-15-5-4-10-24-15/h6-9,15H,4-5,10-12H2,1-3H3,(H,20,23)/t15-/m1/s1. The molecule has 1 aromatic carbocycles. The van der Waals surface area contributed by atoms with Gasteiger partial charge in [-0.05, 0) is 36.0 Å². The molecule has 1 amide bonds. The first-order chi connectivity index (χ1) is 12.4. The normalized spacial score (nSPS) is 17.4. The van der Waals surface area contributed by atoms with Gasteiger partial charge in [0.2, 0.25) is 11.8 Å². The van der Waals surface area contributed by atoms with Gasteiger partial charge in [-0.1, -0.05) is 44.7 Å². The Kier molecular flexibility index (Phi) is 5.98. The number of carbonyl (C=O) groups is 1. The Bertz CT molecular complexity index is 731. The highest BCUT2D eigenvalue weighted by atomic mass is 32.2. The van der Waals surface area contributed by atoms with Gasteiger partial charge in [-0.25, -0.2) is 0 Å². The lowest BCUT2D eigenvalue weighted by molar-refractivity contribution is -0.119. The van der Waals surface area contributed by atoms with Gasteiger partial charge >= 0.3 is 0 Å². The molecule has 0 radical (unpaired) electrons. The Morgan fingerprint density at radius 3 is 2.69 bits per heavy atom. The number of thioether (sulfide) groups is 1. The minimum absolute atomic E-state index is 0.0558. The van der Waals surface area contributed by atoms with Crippen molar-refractivity contribution in [2.75, 3.05) is 18.9 Å². The molecular formula is C19H25N3O3S. The van der Waals surface area contributed by atoms with Gasteiger partial charge in [-0.15, -0.1) is 10.2 Å². The van der Waals surface area contributed by atoms with Crippen LogP contribution in [0.1, 0.15) is 39.2 Å². The molecule has 0 saturated carbocycles. The summed E-state index contributed by atoms with van der Waals surface area (Å²) < 4.78 is 11.1. The summed E-state index contributed by atoms with van der Waals surface area (Å²) in [6, 6.07) is 8.11. The Morgan fingerprint density at radius 1 is 1.27 bits per heavy atom. The Hall–Kier alpha value is -1.86. The Morgan fingerprint density at radius 2 is 2.04 bits per heavy atom. The van der Waals surface area contributed by atoms with Crippen LogP contribution in [0.4, 0.5) is 0 Å². The van der Waals surface area contributed by atoms with E-state index in [1.54, 1.807) is 0 Å². The van der Waals surface area contributed by atoms with Gasteiger partial charge in [-0.3, -0.25) is 4.79 Å². The molecule has 1 aromatic heterocycles. The van der Waals surface area contributed by atoms with Gasteiger partial charge in [0, 0.05) is 18.7 Å². The van der Waals surface area contributed by atoms with Gasteiger partial charge in [0.1, 0.15) is 0 Å². The second-order valence-corrected chi connectivity index (χ2v) is 8.35. The zero-order valence-electron chi connectivity index (χ0n) is 15.4. The number of benzene rings is 1. The maximum absolute atomic E-state index is 11.9. The molecule has 1 N–H and O–H groups in total. The van der Waals surface area contributed by atoms with Crippen LogP contribution in [-0.2, 0) is 14.9 Å². The zero-order valence-corrected chi connectivity index (χ0v) is 16.3. The SMILES string of the molecule is CC(C)(C)c1ccc(-c2nnc(SCC(=O)NC[C@H]3CCCO3)o2)cc1. The number of ether oxygens (including phenoxy) is 1. The second kappa shape index (κ2) is 8.22. The molecule has 1 fully saturated rings. The third-order valence-electron chi connectivity index (χ3n) is 4.28. The predicted molar refractivity (Wildman–Crippen MR) is 101 cm³/mol. The topological polar surface area (TPSA) is 77.2 Å². The summed E-state index contributed by atoms with van der Waals surface area (Å²) in [5.41, 5.74) is 2.23. The van der Waals surface area contributed by atoms with Crippen molar-refractivity contribution in [3.05, 3.63) is 29.8 Å². The number of aromatic nitrogens is 2. The summed E-state index contributed by atoms with van der Waals surface area (Å²) in [7, 11) is 0. The highest BCUT2D eigenvalue weighted by molar-refractivity contribution is 7.99. The third kappa shape index (κ3) is 5.08. The molecule has 7 heteroatoms. The highest BCUT2D eigenvalue weighted by Crippen LogP contribution is 2.27. The summed E-state index contributed by atoms with van der Waals surface area (Å²) in [5.74, 6) is 0.657. The average molecular weight is 375 g/mol. The smallest absolute Gasteiger partial charge is 0.277 e. The van der Waals surface area contributed by atoms with Gasteiger partial charge in [0.05, 0.1) is 11.9 Å². The van der Waals surface area contributed by atoms with E-state index < -0.39 is 0 Å². The monoisotopic (exact) mass is 375 g/mol. The quantitative estimate of drug-likeness (QED) is 0.780. The molecular weight excluding hydrogens is 350 g/mol. The van der Waals surface area contributed by atoms with Gasteiger partial charge in [-0.2, -0.15) is 0 Å². The highest BCUT2D eigenvalue weighted by Gasteiger charge is 2.17. The minimum Gasteiger partial charge on any atom is -0.411 e. The molecule has 0 unspecified atom stereocenters. The van der Waals surface area contributed by atoms with Crippen molar-refractivity contribution < 1.29 is 13.9 Å². The number of nitrogens with one attached hydrogen (secondary N) is 1. The first kappa shape index (κ1) is 18.9. The van der Waals surface area contributed by atoms with Crippen molar-refractivity contribution in [2.24, 2.45) is 0 Å². The van der Waals surface area contributed by atoms with Crippen LogP contribution in [-0.4, -0.2) is 41.1 Å². The molecule has 1 atom stereocenters. The van der Waals surface area contributed by atoms with E-state index in [0.717, 1.165) is 25.0 Å². The van der Waals surface area contributed by atoms with Crippen LogP contribution in [0.5, 0.6) is 0 Å². The molecule has 1 aliphatic rings. The van der Waals surface area contributed by atoms with E-state index in [1.807, 2.05) is 12.1 Å². The van der Waals surface area contributed by atoms with E-state index in [-0.39, 0.29) is 23.2 Å². The molecule has 1 saturated heterocycles. The fourth-order valence-corrected chi connectivity index (χ4v) is 3.30. The number of hydrogen-bond acceptors (Lipinski definition) is 6. The molecule has 3 rings (SSSR count). The van der Waals surface area contributed by atoms with Crippen LogP contribution in [0, 0.1) is 0 Å². The van der Waals surface area contributed by atoms with E-state index in [0.29, 0.717) is 17.7 Å². The van der Waals surface area contributed by atoms with Crippen LogP contribution in [0.25, 0.3) is 11.5 Å². The van der Waals surface area contributed by atoms with Crippen molar-refractivity contribution in [1.29, 1.82) is 0 Å². The second-order valence-electron chi connectivity index (χ2n) is 7.43. The lowest BCUT2D eigenvalue weighted by Crippen LogP contribution is -2.32. The molecule has 26 heavy (non-hydrogen) atoms. The number of hydrogen-bond donors (Lipinski definition) is 1. The van der Waals surface area contributed by atoms with Gasteiger partial charge in [0.25, 0.3) is 5.22 Å².